The molecule has 1 unspecified atom stereocenters. The number of carbonyl (C=O) groups excluding carboxylic acids is 1. The van der Waals surface area contributed by atoms with Crippen LogP contribution in [0.1, 0.15) is 37.8 Å². The van der Waals surface area contributed by atoms with Crippen molar-refractivity contribution >= 4 is 11.9 Å². The molecule has 0 bridgehead atoms. The number of amides is 1. The number of aliphatic carboxylic acids is 1. The van der Waals surface area contributed by atoms with Crippen molar-refractivity contribution < 1.29 is 14.7 Å². The summed E-state index contributed by atoms with van der Waals surface area (Å²) < 4.78 is 0. The molecule has 1 aromatic rings. The monoisotopic (exact) mass is 263 g/mol. The largest absolute Gasteiger partial charge is 0.481 e. The lowest BCUT2D eigenvalue weighted by molar-refractivity contribution is -0.143. The van der Waals surface area contributed by atoms with Crippen LogP contribution in [0.5, 0.6) is 0 Å². The molecule has 2 N–H and O–H groups in total. The molecular formula is C15H21NO3. The molecule has 0 aliphatic rings. The van der Waals surface area contributed by atoms with E-state index in [1.165, 1.54) is 12.5 Å². The average Bonchev–Trinajstić information content (AvgIpc) is 2.38. The Bertz CT molecular complexity index is 426. The van der Waals surface area contributed by atoms with Crippen molar-refractivity contribution in [2.75, 3.05) is 0 Å². The molecule has 0 radical (unpaired) electrons. The number of hydrogen-bond donors (Lipinski definition) is 2. The van der Waals surface area contributed by atoms with Gasteiger partial charge in [-0.3, -0.25) is 9.59 Å². The van der Waals surface area contributed by atoms with Crippen LogP contribution in [0.25, 0.3) is 0 Å². The summed E-state index contributed by atoms with van der Waals surface area (Å²) in [5.74, 6) is -1.82. The smallest absolute Gasteiger partial charge is 0.306 e. The van der Waals surface area contributed by atoms with Crippen LogP contribution in [-0.4, -0.2) is 17.0 Å². The van der Waals surface area contributed by atoms with Gasteiger partial charge in [-0.2, -0.15) is 0 Å². The topological polar surface area (TPSA) is 66.4 Å². The average molecular weight is 263 g/mol. The summed E-state index contributed by atoms with van der Waals surface area (Å²) in [4.78, 5) is 22.2. The van der Waals surface area contributed by atoms with Gasteiger partial charge in [0.2, 0.25) is 5.91 Å². The van der Waals surface area contributed by atoms with Gasteiger partial charge in [0, 0.05) is 13.0 Å². The highest BCUT2D eigenvalue weighted by atomic mass is 16.4. The molecule has 1 aromatic carbocycles. The molecule has 1 atom stereocenters. The molecule has 0 saturated heterocycles. The molecule has 0 saturated carbocycles. The van der Waals surface area contributed by atoms with E-state index in [1.54, 1.807) is 0 Å². The van der Waals surface area contributed by atoms with Crippen LogP contribution in [0.15, 0.2) is 24.3 Å². The van der Waals surface area contributed by atoms with E-state index >= 15 is 0 Å². The predicted molar refractivity (Wildman–Crippen MR) is 73.7 cm³/mol. The maximum absolute atomic E-state index is 11.5. The number of aryl methyl sites for hydroxylation is 1. The molecule has 0 aliphatic carbocycles. The molecule has 19 heavy (non-hydrogen) atoms. The number of nitrogens with one attached hydrogen (secondary N) is 1. The second-order valence-electron chi connectivity index (χ2n) is 4.79. The maximum atomic E-state index is 11.5. The van der Waals surface area contributed by atoms with E-state index in [9.17, 15) is 9.59 Å². The van der Waals surface area contributed by atoms with Crippen molar-refractivity contribution in [3.8, 4) is 0 Å². The molecule has 104 valence electrons. The Labute approximate surface area is 113 Å². The summed E-state index contributed by atoms with van der Waals surface area (Å²) in [5.41, 5.74) is 2.31. The van der Waals surface area contributed by atoms with E-state index in [4.69, 9.17) is 5.11 Å². The second-order valence-corrected chi connectivity index (χ2v) is 4.79. The molecule has 0 fully saturated rings. The Kier molecular flexibility index (Phi) is 6.06. The number of hydrogen-bond acceptors (Lipinski definition) is 2. The van der Waals surface area contributed by atoms with Gasteiger partial charge < -0.3 is 10.4 Å². The highest BCUT2D eigenvalue weighted by Gasteiger charge is 2.15. The Hall–Kier alpha value is -1.84. The van der Waals surface area contributed by atoms with Crippen LogP contribution in [0.4, 0.5) is 0 Å². The van der Waals surface area contributed by atoms with Gasteiger partial charge in [0.15, 0.2) is 0 Å². The molecule has 0 aromatic heterocycles. The third-order valence-corrected chi connectivity index (χ3v) is 2.96. The lowest BCUT2D eigenvalue weighted by Gasteiger charge is -2.08. The lowest BCUT2D eigenvalue weighted by atomic mass is 10.1. The Morgan fingerprint density at radius 1 is 1.21 bits per heavy atom. The first-order valence-electron chi connectivity index (χ1n) is 6.60. The van der Waals surface area contributed by atoms with Crippen LogP contribution in [0.3, 0.4) is 0 Å². The first-order chi connectivity index (χ1) is 9.02. The summed E-state index contributed by atoms with van der Waals surface area (Å²) in [6.07, 6.45) is 2.19. The minimum absolute atomic E-state index is 0.0171. The van der Waals surface area contributed by atoms with Crippen molar-refractivity contribution in [3.05, 3.63) is 35.4 Å². The van der Waals surface area contributed by atoms with Gasteiger partial charge in [-0.15, -0.1) is 0 Å². The number of carboxylic acid groups (broad SMARTS) is 1. The van der Waals surface area contributed by atoms with Crippen LogP contribution in [-0.2, 0) is 22.6 Å². The van der Waals surface area contributed by atoms with E-state index in [2.05, 4.69) is 24.4 Å². The van der Waals surface area contributed by atoms with Crippen molar-refractivity contribution in [1.29, 1.82) is 0 Å². The van der Waals surface area contributed by atoms with Gasteiger partial charge >= 0.3 is 5.97 Å². The van der Waals surface area contributed by atoms with Crippen LogP contribution < -0.4 is 5.32 Å². The quantitative estimate of drug-likeness (QED) is 0.793. The van der Waals surface area contributed by atoms with Gasteiger partial charge in [0.25, 0.3) is 0 Å². The highest BCUT2D eigenvalue weighted by Crippen LogP contribution is 2.07. The summed E-state index contributed by atoms with van der Waals surface area (Å²) in [5, 5.41) is 11.5. The van der Waals surface area contributed by atoms with Crippen LogP contribution in [0.2, 0.25) is 0 Å². The van der Waals surface area contributed by atoms with Crippen molar-refractivity contribution in [2.45, 2.75) is 39.7 Å². The van der Waals surface area contributed by atoms with E-state index in [0.29, 0.717) is 6.54 Å². The predicted octanol–water partition coefficient (Wildman–Crippen LogP) is 2.37. The molecule has 4 nitrogen and oxygen atoms in total. The zero-order valence-corrected chi connectivity index (χ0v) is 11.5. The molecule has 4 heteroatoms. The van der Waals surface area contributed by atoms with E-state index in [-0.39, 0.29) is 12.3 Å². The molecule has 0 spiro atoms. The van der Waals surface area contributed by atoms with Crippen LogP contribution >= 0.6 is 0 Å². The van der Waals surface area contributed by atoms with E-state index in [0.717, 1.165) is 18.4 Å². The first-order valence-corrected chi connectivity index (χ1v) is 6.60. The SMILES string of the molecule is CCCc1ccc(CNC(=O)CC(C)C(=O)O)cc1. The summed E-state index contributed by atoms with van der Waals surface area (Å²) in [6, 6.07) is 8.10. The highest BCUT2D eigenvalue weighted by molar-refractivity contribution is 5.81. The second kappa shape index (κ2) is 7.56. The third kappa shape index (κ3) is 5.55. The first kappa shape index (κ1) is 15.2. The fourth-order valence-corrected chi connectivity index (χ4v) is 1.75. The zero-order valence-electron chi connectivity index (χ0n) is 11.5. The Morgan fingerprint density at radius 2 is 1.79 bits per heavy atom. The number of rotatable bonds is 7. The molecule has 0 heterocycles. The third-order valence-electron chi connectivity index (χ3n) is 2.96. The molecule has 1 rings (SSSR count). The van der Waals surface area contributed by atoms with Crippen LogP contribution in [0, 0.1) is 5.92 Å². The number of carboxylic acids is 1. The normalized spacial score (nSPS) is 11.9. The van der Waals surface area contributed by atoms with Gasteiger partial charge in [-0.05, 0) is 17.5 Å². The zero-order chi connectivity index (χ0) is 14.3. The summed E-state index contributed by atoms with van der Waals surface area (Å²) >= 11 is 0. The molecular weight excluding hydrogens is 242 g/mol. The van der Waals surface area contributed by atoms with Crippen molar-refractivity contribution in [3.63, 3.8) is 0 Å². The van der Waals surface area contributed by atoms with Gasteiger partial charge in [0.05, 0.1) is 5.92 Å². The molecule has 1 amide bonds. The fourth-order valence-electron chi connectivity index (χ4n) is 1.75. The van der Waals surface area contributed by atoms with E-state index in [1.807, 2.05) is 12.1 Å². The summed E-state index contributed by atoms with van der Waals surface area (Å²) in [6.45, 7) is 4.11. The molecule has 0 aliphatic heterocycles. The summed E-state index contributed by atoms with van der Waals surface area (Å²) in [7, 11) is 0. The standard InChI is InChI=1S/C15H21NO3/c1-3-4-12-5-7-13(8-6-12)10-16-14(17)9-11(2)15(18)19/h5-8,11H,3-4,9-10H2,1-2H3,(H,16,17)(H,18,19). The van der Waals surface area contributed by atoms with Crippen molar-refractivity contribution in [1.82, 2.24) is 5.32 Å². The van der Waals surface area contributed by atoms with Gasteiger partial charge in [0.1, 0.15) is 0 Å². The maximum Gasteiger partial charge on any atom is 0.306 e. The van der Waals surface area contributed by atoms with Gasteiger partial charge in [-0.25, -0.2) is 0 Å². The van der Waals surface area contributed by atoms with Crippen molar-refractivity contribution in [2.24, 2.45) is 5.92 Å². The minimum atomic E-state index is -0.945. The number of carbonyl (C=O) groups is 2. The van der Waals surface area contributed by atoms with E-state index < -0.39 is 11.9 Å². The van der Waals surface area contributed by atoms with Gasteiger partial charge in [-0.1, -0.05) is 44.5 Å². The Morgan fingerprint density at radius 3 is 2.32 bits per heavy atom. The Balaban J connectivity index is 2.39. The minimum Gasteiger partial charge on any atom is -0.481 e. The lowest BCUT2D eigenvalue weighted by Crippen LogP contribution is -2.26. The fraction of sp³-hybridized carbons (Fsp3) is 0.467. The number of benzene rings is 1.